The van der Waals surface area contributed by atoms with Gasteiger partial charge in [-0.1, -0.05) is 6.92 Å². The number of nitrogens with zero attached hydrogens (tertiary/aromatic N) is 4. The first-order valence-electron chi connectivity index (χ1n) is 9.07. The number of hydrogen-bond donors (Lipinski definition) is 2. The smallest absolute Gasteiger partial charge is 0.274 e. The number of anilines is 3. The third-order valence-corrected chi connectivity index (χ3v) is 4.41. The second-order valence-corrected chi connectivity index (χ2v) is 6.48. The van der Waals surface area contributed by atoms with Gasteiger partial charge < -0.3 is 20.4 Å². The lowest BCUT2D eigenvalue weighted by atomic mass is 10.2. The molecule has 0 aliphatic carbocycles. The number of nitrogens with one attached hydrogen (secondary N) is 2. The first-order valence-corrected chi connectivity index (χ1v) is 9.07. The fourth-order valence-corrected chi connectivity index (χ4v) is 2.82. The number of rotatable bonds is 6. The lowest BCUT2D eigenvalue weighted by Crippen LogP contribution is -2.44. The van der Waals surface area contributed by atoms with Gasteiger partial charge in [-0.05, 0) is 43.8 Å². The fraction of sp³-hybridized carbons (Fsp3) is 0.421. The molecule has 0 radical (unpaired) electrons. The van der Waals surface area contributed by atoms with E-state index in [1.807, 2.05) is 12.1 Å². The number of amides is 1. The summed E-state index contributed by atoms with van der Waals surface area (Å²) < 4.78 is 0. The summed E-state index contributed by atoms with van der Waals surface area (Å²) in [6.45, 7) is 7.03. The number of benzene rings is 1. The van der Waals surface area contributed by atoms with Crippen molar-refractivity contribution in [3.63, 3.8) is 0 Å². The predicted molar refractivity (Wildman–Crippen MR) is 105 cm³/mol. The molecule has 2 aromatic rings. The van der Waals surface area contributed by atoms with E-state index in [4.69, 9.17) is 0 Å². The topological polar surface area (TPSA) is 73.4 Å². The van der Waals surface area contributed by atoms with E-state index in [-0.39, 0.29) is 5.91 Å². The molecular weight excluding hydrogens is 328 g/mol. The zero-order valence-electron chi connectivity index (χ0n) is 15.4. The van der Waals surface area contributed by atoms with Crippen LogP contribution < -0.4 is 15.5 Å². The molecule has 0 atom stereocenters. The van der Waals surface area contributed by atoms with Crippen molar-refractivity contribution < 1.29 is 4.79 Å². The number of likely N-dealkylation sites (N-methyl/N-ethyl adjacent to an activating group) is 1. The molecule has 1 saturated heterocycles. The van der Waals surface area contributed by atoms with Gasteiger partial charge in [-0.2, -0.15) is 0 Å². The molecule has 1 amide bonds. The monoisotopic (exact) mass is 354 g/mol. The van der Waals surface area contributed by atoms with Gasteiger partial charge in [0.15, 0.2) is 0 Å². The van der Waals surface area contributed by atoms with E-state index in [2.05, 4.69) is 56.5 Å². The third-order valence-electron chi connectivity index (χ3n) is 4.41. The Bertz CT molecular complexity index is 725. The number of hydrogen-bond acceptors (Lipinski definition) is 6. The molecule has 0 spiro atoms. The van der Waals surface area contributed by atoms with Crippen molar-refractivity contribution in [3.05, 3.63) is 42.2 Å². The molecule has 1 aliphatic rings. The summed E-state index contributed by atoms with van der Waals surface area (Å²) in [6.07, 6.45) is 2.57. The lowest BCUT2D eigenvalue weighted by Gasteiger charge is -2.34. The molecule has 3 rings (SSSR count). The standard InChI is InChI=1S/C19H26N6O/c1-3-9-20-19-21-10-8-17(23-19)18(26)22-15-4-6-16(7-5-15)25-13-11-24(2)12-14-25/h4-8,10H,3,9,11-14H2,1-2H3,(H,22,26)(H,20,21,23). The molecule has 7 heteroatoms. The molecule has 2 heterocycles. The van der Waals surface area contributed by atoms with E-state index >= 15 is 0 Å². The second-order valence-electron chi connectivity index (χ2n) is 6.48. The van der Waals surface area contributed by atoms with Crippen molar-refractivity contribution in [2.45, 2.75) is 13.3 Å². The number of carbonyl (C=O) groups is 1. The highest BCUT2D eigenvalue weighted by molar-refractivity contribution is 6.03. The minimum Gasteiger partial charge on any atom is -0.369 e. The number of carbonyl (C=O) groups excluding carboxylic acids is 1. The largest absolute Gasteiger partial charge is 0.369 e. The zero-order valence-corrected chi connectivity index (χ0v) is 15.4. The maximum Gasteiger partial charge on any atom is 0.274 e. The molecule has 1 aromatic carbocycles. The predicted octanol–water partition coefficient (Wildman–Crippen LogP) is 2.30. The van der Waals surface area contributed by atoms with E-state index in [0.717, 1.165) is 44.8 Å². The van der Waals surface area contributed by atoms with Crippen LogP contribution >= 0.6 is 0 Å². The molecular formula is C19H26N6O. The minimum atomic E-state index is -0.237. The molecule has 0 unspecified atom stereocenters. The Morgan fingerprint density at radius 2 is 1.85 bits per heavy atom. The highest BCUT2D eigenvalue weighted by Gasteiger charge is 2.14. The van der Waals surface area contributed by atoms with Crippen LogP contribution in [0.3, 0.4) is 0 Å². The second kappa shape index (κ2) is 8.62. The Hall–Kier alpha value is -2.67. The van der Waals surface area contributed by atoms with E-state index in [0.29, 0.717) is 11.6 Å². The van der Waals surface area contributed by atoms with Crippen LogP contribution in [-0.2, 0) is 0 Å². The average molecular weight is 354 g/mol. The van der Waals surface area contributed by atoms with Gasteiger partial charge in [0.2, 0.25) is 5.95 Å². The van der Waals surface area contributed by atoms with E-state index in [9.17, 15) is 4.79 Å². The SMILES string of the molecule is CCCNc1nccc(C(=O)Nc2ccc(N3CCN(C)CC3)cc2)n1. The van der Waals surface area contributed by atoms with Crippen molar-refractivity contribution in [1.82, 2.24) is 14.9 Å². The van der Waals surface area contributed by atoms with Crippen LogP contribution in [0.4, 0.5) is 17.3 Å². The van der Waals surface area contributed by atoms with Crippen LogP contribution in [0.1, 0.15) is 23.8 Å². The molecule has 138 valence electrons. The molecule has 26 heavy (non-hydrogen) atoms. The molecule has 7 nitrogen and oxygen atoms in total. The van der Waals surface area contributed by atoms with E-state index in [1.165, 1.54) is 5.69 Å². The van der Waals surface area contributed by atoms with Gasteiger partial charge in [0, 0.05) is 50.3 Å². The van der Waals surface area contributed by atoms with Gasteiger partial charge in [-0.25, -0.2) is 9.97 Å². The van der Waals surface area contributed by atoms with Gasteiger partial charge in [-0.15, -0.1) is 0 Å². The summed E-state index contributed by atoms with van der Waals surface area (Å²) in [7, 11) is 2.15. The van der Waals surface area contributed by atoms with Crippen molar-refractivity contribution in [1.29, 1.82) is 0 Å². The molecule has 1 aliphatic heterocycles. The van der Waals surface area contributed by atoms with Gasteiger partial charge in [0.1, 0.15) is 5.69 Å². The molecule has 0 saturated carbocycles. The Morgan fingerprint density at radius 1 is 1.12 bits per heavy atom. The Labute approximate surface area is 154 Å². The molecule has 1 fully saturated rings. The summed E-state index contributed by atoms with van der Waals surface area (Å²) in [4.78, 5) is 25.5. The minimum absolute atomic E-state index is 0.237. The van der Waals surface area contributed by atoms with Gasteiger partial charge >= 0.3 is 0 Å². The highest BCUT2D eigenvalue weighted by atomic mass is 16.1. The summed E-state index contributed by atoms with van der Waals surface area (Å²) >= 11 is 0. The summed E-state index contributed by atoms with van der Waals surface area (Å²) in [5.74, 6) is 0.240. The maximum absolute atomic E-state index is 12.4. The Kier molecular flexibility index (Phi) is 6.01. The fourth-order valence-electron chi connectivity index (χ4n) is 2.82. The lowest BCUT2D eigenvalue weighted by molar-refractivity contribution is 0.102. The average Bonchev–Trinajstić information content (AvgIpc) is 2.68. The molecule has 1 aromatic heterocycles. The van der Waals surface area contributed by atoms with Crippen molar-refractivity contribution in [2.75, 3.05) is 55.3 Å². The van der Waals surface area contributed by atoms with Crippen molar-refractivity contribution in [3.8, 4) is 0 Å². The first kappa shape index (κ1) is 18.1. The number of aromatic nitrogens is 2. The van der Waals surface area contributed by atoms with E-state index < -0.39 is 0 Å². The molecule has 0 bridgehead atoms. The van der Waals surface area contributed by atoms with Crippen LogP contribution in [0.5, 0.6) is 0 Å². The van der Waals surface area contributed by atoms with Crippen LogP contribution in [0, 0.1) is 0 Å². The maximum atomic E-state index is 12.4. The van der Waals surface area contributed by atoms with Crippen molar-refractivity contribution >= 4 is 23.2 Å². The highest BCUT2D eigenvalue weighted by Crippen LogP contribution is 2.19. The Balaban J connectivity index is 1.61. The number of piperazine rings is 1. The summed E-state index contributed by atoms with van der Waals surface area (Å²) in [6, 6.07) is 9.58. The van der Waals surface area contributed by atoms with Gasteiger partial charge in [0.05, 0.1) is 0 Å². The zero-order chi connectivity index (χ0) is 18.4. The normalized spacial score (nSPS) is 14.9. The van der Waals surface area contributed by atoms with Crippen LogP contribution in [0.2, 0.25) is 0 Å². The van der Waals surface area contributed by atoms with E-state index in [1.54, 1.807) is 12.3 Å². The van der Waals surface area contributed by atoms with Crippen LogP contribution in [0.25, 0.3) is 0 Å². The van der Waals surface area contributed by atoms with Crippen LogP contribution in [-0.4, -0.2) is 60.5 Å². The Morgan fingerprint density at radius 3 is 2.54 bits per heavy atom. The van der Waals surface area contributed by atoms with Crippen LogP contribution in [0.15, 0.2) is 36.5 Å². The third kappa shape index (κ3) is 4.70. The van der Waals surface area contributed by atoms with Crippen molar-refractivity contribution in [2.24, 2.45) is 0 Å². The summed E-state index contributed by atoms with van der Waals surface area (Å²) in [5.41, 5.74) is 2.29. The van der Waals surface area contributed by atoms with Gasteiger partial charge in [-0.3, -0.25) is 4.79 Å². The summed E-state index contributed by atoms with van der Waals surface area (Å²) in [5, 5.41) is 5.98. The quantitative estimate of drug-likeness (QED) is 0.829. The molecule has 2 N–H and O–H groups in total. The first-order chi connectivity index (χ1) is 12.7. The van der Waals surface area contributed by atoms with Gasteiger partial charge in [0.25, 0.3) is 5.91 Å².